The molecule has 0 saturated carbocycles. The molecule has 0 fully saturated rings. The van der Waals surface area contributed by atoms with E-state index in [0.717, 1.165) is 18.8 Å². The quantitative estimate of drug-likeness (QED) is 0.725. The SMILES string of the molecule is Cc1nn(C)cc1CN(Cc1ccccc1)CC(O)c1ccco1. The van der Waals surface area contributed by atoms with Gasteiger partial charge in [0, 0.05) is 38.4 Å². The fourth-order valence-electron chi connectivity index (χ4n) is 2.89. The summed E-state index contributed by atoms with van der Waals surface area (Å²) in [5, 5.41) is 14.9. The molecule has 0 saturated heterocycles. The molecule has 0 bridgehead atoms. The van der Waals surface area contributed by atoms with Gasteiger partial charge >= 0.3 is 0 Å². The standard InChI is InChI=1S/C19H23N3O2/c1-15-17(12-21(2)20-15)13-22(11-16-7-4-3-5-8-16)14-18(23)19-9-6-10-24-19/h3-10,12,18,23H,11,13-14H2,1-2H3. The van der Waals surface area contributed by atoms with Crippen LogP contribution in [0.3, 0.4) is 0 Å². The number of aliphatic hydroxyl groups is 1. The number of furan rings is 1. The van der Waals surface area contributed by atoms with Gasteiger partial charge in [0.15, 0.2) is 0 Å². The van der Waals surface area contributed by atoms with Crippen LogP contribution in [0.5, 0.6) is 0 Å². The molecule has 24 heavy (non-hydrogen) atoms. The molecule has 0 amide bonds. The number of aryl methyl sites for hydroxylation is 2. The van der Waals surface area contributed by atoms with Crippen molar-refractivity contribution in [3.05, 3.63) is 77.5 Å². The fraction of sp³-hybridized carbons (Fsp3) is 0.316. The number of hydrogen-bond acceptors (Lipinski definition) is 4. The summed E-state index contributed by atoms with van der Waals surface area (Å²) < 4.78 is 7.16. The molecule has 126 valence electrons. The van der Waals surface area contributed by atoms with Crippen molar-refractivity contribution in [3.8, 4) is 0 Å². The Balaban J connectivity index is 1.76. The number of aromatic nitrogens is 2. The van der Waals surface area contributed by atoms with Crippen LogP contribution in [0.25, 0.3) is 0 Å². The van der Waals surface area contributed by atoms with Gasteiger partial charge in [0.2, 0.25) is 0 Å². The van der Waals surface area contributed by atoms with Crippen LogP contribution in [0.2, 0.25) is 0 Å². The highest BCUT2D eigenvalue weighted by Crippen LogP contribution is 2.19. The zero-order chi connectivity index (χ0) is 16.9. The highest BCUT2D eigenvalue weighted by molar-refractivity contribution is 5.17. The molecule has 0 spiro atoms. The predicted octanol–water partition coefficient (Wildman–Crippen LogP) is 3.06. The monoisotopic (exact) mass is 325 g/mol. The number of benzene rings is 1. The topological polar surface area (TPSA) is 54.4 Å². The maximum atomic E-state index is 10.5. The average Bonchev–Trinajstić information content (AvgIpc) is 3.19. The third kappa shape index (κ3) is 4.13. The maximum absolute atomic E-state index is 10.5. The van der Waals surface area contributed by atoms with E-state index in [0.29, 0.717) is 12.3 Å². The Kier molecular flexibility index (Phi) is 5.13. The molecule has 0 aliphatic carbocycles. The lowest BCUT2D eigenvalue weighted by molar-refractivity contribution is 0.0872. The number of nitrogens with zero attached hydrogens (tertiary/aromatic N) is 3. The van der Waals surface area contributed by atoms with Crippen LogP contribution in [0.4, 0.5) is 0 Å². The Bertz CT molecular complexity index is 750. The van der Waals surface area contributed by atoms with Gasteiger partial charge in [-0.05, 0) is 24.6 Å². The smallest absolute Gasteiger partial charge is 0.133 e. The van der Waals surface area contributed by atoms with Crippen molar-refractivity contribution in [2.45, 2.75) is 26.1 Å². The third-order valence-corrected chi connectivity index (χ3v) is 4.06. The summed E-state index contributed by atoms with van der Waals surface area (Å²) in [6, 6.07) is 13.9. The molecule has 1 N–H and O–H groups in total. The molecule has 3 rings (SSSR count). The van der Waals surface area contributed by atoms with Crippen molar-refractivity contribution in [1.29, 1.82) is 0 Å². The summed E-state index contributed by atoms with van der Waals surface area (Å²) in [4.78, 5) is 2.21. The minimum Gasteiger partial charge on any atom is -0.467 e. The predicted molar refractivity (Wildman–Crippen MR) is 92.2 cm³/mol. The third-order valence-electron chi connectivity index (χ3n) is 4.06. The van der Waals surface area contributed by atoms with Gasteiger partial charge in [-0.25, -0.2) is 0 Å². The Hall–Kier alpha value is -2.37. The highest BCUT2D eigenvalue weighted by atomic mass is 16.4. The number of hydrogen-bond donors (Lipinski definition) is 1. The largest absolute Gasteiger partial charge is 0.467 e. The molecule has 2 heterocycles. The lowest BCUT2D eigenvalue weighted by atomic mass is 10.1. The Morgan fingerprint density at radius 2 is 1.96 bits per heavy atom. The second kappa shape index (κ2) is 7.47. The van der Waals surface area contributed by atoms with Gasteiger partial charge in [0.1, 0.15) is 11.9 Å². The first-order chi connectivity index (χ1) is 11.6. The highest BCUT2D eigenvalue weighted by Gasteiger charge is 2.18. The average molecular weight is 325 g/mol. The van der Waals surface area contributed by atoms with Crippen LogP contribution in [-0.4, -0.2) is 26.3 Å². The second-order valence-electron chi connectivity index (χ2n) is 6.10. The van der Waals surface area contributed by atoms with Gasteiger partial charge in [-0.1, -0.05) is 30.3 Å². The molecule has 0 aliphatic heterocycles. The van der Waals surface area contributed by atoms with Crippen molar-refractivity contribution in [2.24, 2.45) is 7.05 Å². The second-order valence-corrected chi connectivity index (χ2v) is 6.10. The Morgan fingerprint density at radius 3 is 2.58 bits per heavy atom. The van der Waals surface area contributed by atoms with Crippen molar-refractivity contribution in [1.82, 2.24) is 14.7 Å². The molecule has 2 aromatic heterocycles. The van der Waals surface area contributed by atoms with E-state index in [2.05, 4.69) is 22.1 Å². The minimum atomic E-state index is -0.652. The van der Waals surface area contributed by atoms with Crippen LogP contribution in [0.15, 0.2) is 59.3 Å². The van der Waals surface area contributed by atoms with E-state index in [1.54, 1.807) is 18.4 Å². The first-order valence-electron chi connectivity index (χ1n) is 8.08. The molecule has 1 atom stereocenters. The summed E-state index contributed by atoms with van der Waals surface area (Å²) in [5.74, 6) is 0.593. The van der Waals surface area contributed by atoms with Gasteiger partial charge in [0.25, 0.3) is 0 Å². The zero-order valence-corrected chi connectivity index (χ0v) is 14.1. The Labute approximate surface area is 142 Å². The van der Waals surface area contributed by atoms with Gasteiger partial charge in [-0.3, -0.25) is 9.58 Å². The molecule has 5 nitrogen and oxygen atoms in total. The molecular formula is C19H23N3O2. The van der Waals surface area contributed by atoms with Crippen LogP contribution in [0.1, 0.15) is 28.7 Å². The van der Waals surface area contributed by atoms with Crippen LogP contribution >= 0.6 is 0 Å². The summed E-state index contributed by atoms with van der Waals surface area (Å²) in [5.41, 5.74) is 3.40. The lowest BCUT2D eigenvalue weighted by Gasteiger charge is -2.24. The molecule has 3 aromatic rings. The number of aliphatic hydroxyl groups excluding tert-OH is 1. The van der Waals surface area contributed by atoms with E-state index in [1.807, 2.05) is 43.0 Å². The summed E-state index contributed by atoms with van der Waals surface area (Å²) in [6.07, 6.45) is 2.97. The normalized spacial score (nSPS) is 12.7. The summed E-state index contributed by atoms with van der Waals surface area (Å²) >= 11 is 0. The maximum Gasteiger partial charge on any atom is 0.133 e. The number of rotatable bonds is 7. The summed E-state index contributed by atoms with van der Waals surface area (Å²) in [7, 11) is 1.93. The van der Waals surface area contributed by atoms with Crippen LogP contribution in [-0.2, 0) is 20.1 Å². The first kappa shape index (κ1) is 16.5. The molecular weight excluding hydrogens is 302 g/mol. The first-order valence-corrected chi connectivity index (χ1v) is 8.08. The van der Waals surface area contributed by atoms with Gasteiger partial charge in [-0.2, -0.15) is 5.10 Å². The fourth-order valence-corrected chi connectivity index (χ4v) is 2.89. The van der Waals surface area contributed by atoms with Gasteiger partial charge in [-0.15, -0.1) is 0 Å². The van der Waals surface area contributed by atoms with Gasteiger partial charge in [0.05, 0.1) is 12.0 Å². The van der Waals surface area contributed by atoms with Crippen LogP contribution < -0.4 is 0 Å². The zero-order valence-electron chi connectivity index (χ0n) is 14.1. The molecule has 1 unspecified atom stereocenters. The van der Waals surface area contributed by atoms with E-state index in [-0.39, 0.29) is 0 Å². The molecule has 0 aliphatic rings. The van der Waals surface area contributed by atoms with Crippen LogP contribution in [0, 0.1) is 6.92 Å². The van der Waals surface area contributed by atoms with Crippen molar-refractivity contribution < 1.29 is 9.52 Å². The van der Waals surface area contributed by atoms with Crippen molar-refractivity contribution in [3.63, 3.8) is 0 Å². The van der Waals surface area contributed by atoms with E-state index in [4.69, 9.17) is 4.42 Å². The van der Waals surface area contributed by atoms with Gasteiger partial charge < -0.3 is 9.52 Å². The molecule has 0 radical (unpaired) electrons. The summed E-state index contributed by atoms with van der Waals surface area (Å²) in [6.45, 7) is 4.00. The molecule has 1 aromatic carbocycles. The molecule has 5 heteroatoms. The Morgan fingerprint density at radius 1 is 1.17 bits per heavy atom. The van der Waals surface area contributed by atoms with Crippen molar-refractivity contribution >= 4 is 0 Å². The van der Waals surface area contributed by atoms with E-state index in [1.165, 1.54) is 11.1 Å². The van der Waals surface area contributed by atoms with E-state index < -0.39 is 6.10 Å². The lowest BCUT2D eigenvalue weighted by Crippen LogP contribution is -2.28. The van der Waals surface area contributed by atoms with Crippen molar-refractivity contribution in [2.75, 3.05) is 6.54 Å². The minimum absolute atomic E-state index is 0.497. The van der Waals surface area contributed by atoms with E-state index >= 15 is 0 Å². The van der Waals surface area contributed by atoms with E-state index in [9.17, 15) is 5.11 Å².